The Morgan fingerprint density at radius 2 is 2.06 bits per heavy atom. The first-order chi connectivity index (χ1) is 7.86. The summed E-state index contributed by atoms with van der Waals surface area (Å²) < 4.78 is 0. The van der Waals surface area contributed by atoms with Crippen molar-refractivity contribution in [2.75, 3.05) is 11.4 Å². The molecule has 1 saturated carbocycles. The molecule has 2 nitrogen and oxygen atoms in total. The van der Waals surface area contributed by atoms with Crippen LogP contribution in [0.4, 0.5) is 5.69 Å². The number of aliphatic hydroxyl groups excluding tert-OH is 1. The molecule has 0 atom stereocenters. The third kappa shape index (κ3) is 2.56. The molecule has 1 aliphatic rings. The maximum Gasteiger partial charge on any atom is 0.0702 e. The fraction of sp³-hybridized carbons (Fsp3) is 0.571. The van der Waals surface area contributed by atoms with Gasteiger partial charge in [0.05, 0.1) is 6.61 Å². The molecule has 0 aromatic heterocycles. The van der Waals surface area contributed by atoms with E-state index in [0.717, 1.165) is 18.2 Å². The minimum absolute atomic E-state index is 0.144. The SMILES string of the molecule is CCCCN(c1ccccc1CO)C1CC1. The number of hydrogen-bond donors (Lipinski definition) is 1. The third-order valence-corrected chi connectivity index (χ3v) is 3.21. The van der Waals surface area contributed by atoms with Crippen molar-refractivity contribution in [2.24, 2.45) is 0 Å². The topological polar surface area (TPSA) is 23.5 Å². The van der Waals surface area contributed by atoms with Crippen LogP contribution in [0.15, 0.2) is 24.3 Å². The molecule has 2 rings (SSSR count). The monoisotopic (exact) mass is 219 g/mol. The van der Waals surface area contributed by atoms with Crippen molar-refractivity contribution in [3.05, 3.63) is 29.8 Å². The molecule has 0 spiro atoms. The first-order valence-electron chi connectivity index (χ1n) is 6.32. The Labute approximate surface area is 97.9 Å². The van der Waals surface area contributed by atoms with Crippen LogP contribution in [0, 0.1) is 0 Å². The largest absolute Gasteiger partial charge is 0.392 e. The van der Waals surface area contributed by atoms with Crippen LogP contribution in [-0.2, 0) is 6.61 Å². The maximum atomic E-state index is 9.37. The molecular weight excluding hydrogens is 198 g/mol. The molecule has 0 heterocycles. The van der Waals surface area contributed by atoms with Crippen molar-refractivity contribution in [1.29, 1.82) is 0 Å². The second kappa shape index (κ2) is 5.35. The summed E-state index contributed by atoms with van der Waals surface area (Å²) in [5.74, 6) is 0. The van der Waals surface area contributed by atoms with E-state index in [-0.39, 0.29) is 6.61 Å². The molecule has 0 unspecified atom stereocenters. The van der Waals surface area contributed by atoms with Gasteiger partial charge < -0.3 is 10.0 Å². The molecule has 16 heavy (non-hydrogen) atoms. The lowest BCUT2D eigenvalue weighted by Crippen LogP contribution is -2.27. The fourth-order valence-electron chi connectivity index (χ4n) is 2.14. The van der Waals surface area contributed by atoms with Crippen LogP contribution in [0.2, 0.25) is 0 Å². The number of para-hydroxylation sites is 1. The number of benzene rings is 1. The standard InChI is InChI=1S/C14H21NO/c1-2-3-10-15(13-8-9-13)14-7-5-4-6-12(14)11-16/h4-7,13,16H,2-3,8-11H2,1H3. The zero-order chi connectivity index (χ0) is 11.4. The minimum Gasteiger partial charge on any atom is -0.392 e. The van der Waals surface area contributed by atoms with Crippen LogP contribution in [0.25, 0.3) is 0 Å². The van der Waals surface area contributed by atoms with E-state index in [1.165, 1.54) is 31.4 Å². The van der Waals surface area contributed by atoms with Gasteiger partial charge in [-0.2, -0.15) is 0 Å². The first kappa shape index (κ1) is 11.5. The van der Waals surface area contributed by atoms with E-state index in [1.807, 2.05) is 12.1 Å². The summed E-state index contributed by atoms with van der Waals surface area (Å²) in [5, 5.41) is 9.37. The molecule has 0 radical (unpaired) electrons. The van der Waals surface area contributed by atoms with E-state index in [9.17, 15) is 5.11 Å². The summed E-state index contributed by atoms with van der Waals surface area (Å²) in [6, 6.07) is 8.95. The van der Waals surface area contributed by atoms with E-state index in [2.05, 4.69) is 24.0 Å². The van der Waals surface area contributed by atoms with Crippen LogP contribution in [-0.4, -0.2) is 17.7 Å². The van der Waals surface area contributed by atoms with Gasteiger partial charge in [0.25, 0.3) is 0 Å². The number of aliphatic hydroxyl groups is 1. The maximum absolute atomic E-state index is 9.37. The van der Waals surface area contributed by atoms with Crippen LogP contribution in [0.3, 0.4) is 0 Å². The van der Waals surface area contributed by atoms with Gasteiger partial charge >= 0.3 is 0 Å². The Balaban J connectivity index is 2.16. The van der Waals surface area contributed by atoms with Gasteiger partial charge in [0, 0.05) is 23.8 Å². The van der Waals surface area contributed by atoms with Crippen LogP contribution in [0.1, 0.15) is 38.2 Å². The molecule has 0 amide bonds. The van der Waals surface area contributed by atoms with Crippen LogP contribution >= 0.6 is 0 Å². The molecule has 0 aliphatic heterocycles. The Bertz CT molecular complexity index is 333. The second-order valence-corrected chi connectivity index (χ2v) is 4.56. The van der Waals surface area contributed by atoms with E-state index in [1.54, 1.807) is 0 Å². The number of anilines is 1. The quantitative estimate of drug-likeness (QED) is 0.795. The Morgan fingerprint density at radius 3 is 2.69 bits per heavy atom. The van der Waals surface area contributed by atoms with Crippen molar-refractivity contribution in [2.45, 2.75) is 45.3 Å². The van der Waals surface area contributed by atoms with Gasteiger partial charge in [0.15, 0.2) is 0 Å². The summed E-state index contributed by atoms with van der Waals surface area (Å²) in [7, 11) is 0. The highest BCUT2D eigenvalue weighted by Crippen LogP contribution is 2.33. The van der Waals surface area contributed by atoms with Crippen molar-refractivity contribution in [3.8, 4) is 0 Å². The van der Waals surface area contributed by atoms with E-state index >= 15 is 0 Å². The summed E-state index contributed by atoms with van der Waals surface area (Å²) in [4.78, 5) is 2.48. The number of unbranched alkanes of at least 4 members (excludes halogenated alkanes) is 1. The molecule has 1 aromatic carbocycles. The first-order valence-corrected chi connectivity index (χ1v) is 6.32. The van der Waals surface area contributed by atoms with E-state index in [0.29, 0.717) is 0 Å². The zero-order valence-electron chi connectivity index (χ0n) is 10.0. The fourth-order valence-corrected chi connectivity index (χ4v) is 2.14. The van der Waals surface area contributed by atoms with Gasteiger partial charge in [0.1, 0.15) is 0 Å². The molecule has 1 fully saturated rings. The van der Waals surface area contributed by atoms with Crippen molar-refractivity contribution in [1.82, 2.24) is 0 Å². The molecular formula is C14H21NO. The smallest absolute Gasteiger partial charge is 0.0702 e. The lowest BCUT2D eigenvalue weighted by molar-refractivity contribution is 0.282. The molecule has 88 valence electrons. The van der Waals surface area contributed by atoms with Crippen molar-refractivity contribution in [3.63, 3.8) is 0 Å². The predicted octanol–water partition coefficient (Wildman–Crippen LogP) is 2.95. The highest BCUT2D eigenvalue weighted by atomic mass is 16.3. The van der Waals surface area contributed by atoms with Gasteiger partial charge in [-0.3, -0.25) is 0 Å². The Morgan fingerprint density at radius 1 is 1.31 bits per heavy atom. The highest BCUT2D eigenvalue weighted by Gasteiger charge is 2.29. The van der Waals surface area contributed by atoms with Gasteiger partial charge in [-0.25, -0.2) is 0 Å². The summed E-state index contributed by atoms with van der Waals surface area (Å²) >= 11 is 0. The van der Waals surface area contributed by atoms with Gasteiger partial charge in [0.2, 0.25) is 0 Å². The highest BCUT2D eigenvalue weighted by molar-refractivity contribution is 5.55. The summed E-state index contributed by atoms with van der Waals surface area (Å²) in [5.41, 5.74) is 2.30. The lowest BCUT2D eigenvalue weighted by atomic mass is 10.1. The van der Waals surface area contributed by atoms with Gasteiger partial charge in [-0.15, -0.1) is 0 Å². The predicted molar refractivity (Wildman–Crippen MR) is 67.6 cm³/mol. The Kier molecular flexibility index (Phi) is 3.83. The molecule has 1 aliphatic carbocycles. The van der Waals surface area contributed by atoms with Crippen molar-refractivity contribution >= 4 is 5.69 Å². The third-order valence-electron chi connectivity index (χ3n) is 3.21. The van der Waals surface area contributed by atoms with Crippen LogP contribution in [0.5, 0.6) is 0 Å². The van der Waals surface area contributed by atoms with Gasteiger partial charge in [-0.1, -0.05) is 31.5 Å². The normalized spacial score (nSPS) is 15.1. The number of rotatable bonds is 6. The molecule has 1 N–H and O–H groups in total. The van der Waals surface area contributed by atoms with E-state index in [4.69, 9.17) is 0 Å². The zero-order valence-corrected chi connectivity index (χ0v) is 10.0. The van der Waals surface area contributed by atoms with E-state index < -0.39 is 0 Å². The lowest BCUT2D eigenvalue weighted by Gasteiger charge is -2.26. The second-order valence-electron chi connectivity index (χ2n) is 4.56. The average Bonchev–Trinajstić information content (AvgIpc) is 3.14. The Hall–Kier alpha value is -1.02. The molecule has 1 aromatic rings. The number of nitrogens with zero attached hydrogens (tertiary/aromatic N) is 1. The van der Waals surface area contributed by atoms with Crippen LogP contribution < -0.4 is 4.90 Å². The van der Waals surface area contributed by atoms with Gasteiger partial charge in [-0.05, 0) is 25.3 Å². The van der Waals surface area contributed by atoms with Crippen molar-refractivity contribution < 1.29 is 5.11 Å². The summed E-state index contributed by atoms with van der Waals surface area (Å²) in [6.45, 7) is 3.49. The minimum atomic E-state index is 0.144. The number of hydrogen-bond acceptors (Lipinski definition) is 2. The molecule has 0 saturated heterocycles. The average molecular weight is 219 g/mol. The molecule has 2 heteroatoms. The molecule has 0 bridgehead atoms. The summed E-state index contributed by atoms with van der Waals surface area (Å²) in [6.07, 6.45) is 5.08.